The Bertz CT molecular complexity index is 823. The molecule has 26 heavy (non-hydrogen) atoms. The predicted octanol–water partition coefficient (Wildman–Crippen LogP) is 3.31. The van der Waals surface area contributed by atoms with Crippen LogP contribution in [0.25, 0.3) is 10.1 Å². The first-order chi connectivity index (χ1) is 12.5. The van der Waals surface area contributed by atoms with E-state index in [0.717, 1.165) is 17.0 Å². The first kappa shape index (κ1) is 19.1. The summed E-state index contributed by atoms with van der Waals surface area (Å²) in [5.74, 6) is -0.259. The van der Waals surface area contributed by atoms with E-state index in [9.17, 15) is 14.0 Å². The van der Waals surface area contributed by atoms with Crippen LogP contribution in [0, 0.1) is 5.82 Å². The van der Waals surface area contributed by atoms with Gasteiger partial charge in [0.15, 0.2) is 0 Å². The van der Waals surface area contributed by atoms with Crippen molar-refractivity contribution in [3.63, 3.8) is 0 Å². The Labute approximate surface area is 159 Å². The van der Waals surface area contributed by atoms with Crippen LogP contribution < -0.4 is 0 Å². The zero-order valence-electron chi connectivity index (χ0n) is 14.6. The highest BCUT2D eigenvalue weighted by Crippen LogP contribution is 2.35. The van der Waals surface area contributed by atoms with Gasteiger partial charge < -0.3 is 9.47 Å². The molecule has 0 bridgehead atoms. The molecule has 0 radical (unpaired) electrons. The van der Waals surface area contributed by atoms with Gasteiger partial charge in [0.2, 0.25) is 0 Å². The lowest BCUT2D eigenvalue weighted by molar-refractivity contribution is -0.140. The molecule has 1 fully saturated rings. The topological polar surface area (TPSA) is 55.8 Å². The second kappa shape index (κ2) is 8.37. The fraction of sp³-hybridized carbons (Fsp3) is 0.444. The van der Waals surface area contributed by atoms with Gasteiger partial charge in [0.05, 0.1) is 13.7 Å². The van der Waals surface area contributed by atoms with E-state index in [4.69, 9.17) is 9.47 Å². The van der Waals surface area contributed by atoms with Gasteiger partial charge in [0, 0.05) is 41.0 Å². The summed E-state index contributed by atoms with van der Waals surface area (Å²) in [5.41, 5.74) is 0.636. The van der Waals surface area contributed by atoms with Crippen molar-refractivity contribution >= 4 is 45.1 Å². The molecule has 0 unspecified atom stereocenters. The van der Waals surface area contributed by atoms with Crippen LogP contribution in [0.2, 0.25) is 0 Å². The number of hydrogen-bond donors (Lipinski definition) is 0. The minimum atomic E-state index is -0.431. The molecular formula is C18H20FNO4S2. The van der Waals surface area contributed by atoms with Crippen molar-refractivity contribution in [1.82, 2.24) is 4.90 Å². The number of ether oxygens (including phenoxy) is 2. The molecular weight excluding hydrogens is 377 g/mol. The van der Waals surface area contributed by atoms with E-state index < -0.39 is 5.97 Å². The number of esters is 2. The Morgan fingerprint density at radius 1 is 1.38 bits per heavy atom. The molecule has 8 heteroatoms. The van der Waals surface area contributed by atoms with Gasteiger partial charge in [-0.15, -0.1) is 23.1 Å². The second-order valence-corrected chi connectivity index (χ2v) is 8.22. The van der Waals surface area contributed by atoms with Crippen molar-refractivity contribution < 1.29 is 23.5 Å². The van der Waals surface area contributed by atoms with Gasteiger partial charge in [-0.3, -0.25) is 9.69 Å². The molecule has 0 saturated carbocycles. The molecule has 2 heterocycles. The maximum absolute atomic E-state index is 14.5. The van der Waals surface area contributed by atoms with E-state index in [1.807, 2.05) is 0 Å². The Hall–Kier alpha value is -1.64. The maximum Gasteiger partial charge on any atom is 0.348 e. The summed E-state index contributed by atoms with van der Waals surface area (Å²) in [5, 5.41) is 0.197. The first-order valence-corrected chi connectivity index (χ1v) is 10.2. The Morgan fingerprint density at radius 3 is 2.92 bits per heavy atom. The summed E-state index contributed by atoms with van der Waals surface area (Å²) in [6.45, 7) is 3.66. The fourth-order valence-corrected chi connectivity index (χ4v) is 5.34. The van der Waals surface area contributed by atoms with Crippen LogP contribution in [0.15, 0.2) is 18.2 Å². The first-order valence-electron chi connectivity index (χ1n) is 8.34. The van der Waals surface area contributed by atoms with Crippen LogP contribution in [0.4, 0.5) is 4.39 Å². The van der Waals surface area contributed by atoms with Crippen molar-refractivity contribution in [3.8, 4) is 0 Å². The van der Waals surface area contributed by atoms with E-state index in [0.29, 0.717) is 28.9 Å². The van der Waals surface area contributed by atoms with Crippen LogP contribution in [0.1, 0.15) is 22.2 Å². The third kappa shape index (κ3) is 3.87. The summed E-state index contributed by atoms with van der Waals surface area (Å²) < 4.78 is 25.2. The van der Waals surface area contributed by atoms with Gasteiger partial charge in [0.25, 0.3) is 0 Å². The van der Waals surface area contributed by atoms with Gasteiger partial charge in [-0.05, 0) is 19.1 Å². The van der Waals surface area contributed by atoms with Gasteiger partial charge in [-0.1, -0.05) is 6.07 Å². The highest BCUT2D eigenvalue weighted by molar-refractivity contribution is 8.00. The van der Waals surface area contributed by atoms with Crippen molar-refractivity contribution in [2.75, 3.05) is 32.6 Å². The van der Waals surface area contributed by atoms with E-state index in [1.54, 1.807) is 30.8 Å². The third-order valence-corrected chi connectivity index (χ3v) is 6.56. The molecule has 0 N–H and O–H groups in total. The van der Waals surface area contributed by atoms with E-state index in [1.165, 1.54) is 24.5 Å². The van der Waals surface area contributed by atoms with Crippen molar-refractivity contribution in [2.24, 2.45) is 0 Å². The normalized spacial score (nSPS) is 18.0. The Morgan fingerprint density at radius 2 is 2.19 bits per heavy atom. The lowest BCUT2D eigenvalue weighted by Gasteiger charge is -2.31. The molecule has 1 aromatic heterocycles. The summed E-state index contributed by atoms with van der Waals surface area (Å²) >= 11 is 2.81. The van der Waals surface area contributed by atoms with Gasteiger partial charge in [-0.25, -0.2) is 9.18 Å². The number of thiophene rings is 1. The smallest absolute Gasteiger partial charge is 0.348 e. The van der Waals surface area contributed by atoms with Crippen LogP contribution in [-0.4, -0.2) is 54.6 Å². The van der Waals surface area contributed by atoms with Crippen molar-refractivity contribution in [1.29, 1.82) is 0 Å². The van der Waals surface area contributed by atoms with Gasteiger partial charge >= 0.3 is 11.9 Å². The monoisotopic (exact) mass is 397 g/mol. The van der Waals surface area contributed by atoms with Crippen molar-refractivity contribution in [2.45, 2.75) is 18.7 Å². The van der Waals surface area contributed by atoms with Crippen molar-refractivity contribution in [3.05, 3.63) is 34.5 Å². The van der Waals surface area contributed by atoms with Gasteiger partial charge in [0.1, 0.15) is 15.9 Å². The van der Waals surface area contributed by atoms with E-state index in [2.05, 4.69) is 4.90 Å². The number of rotatable bonds is 5. The molecule has 3 rings (SSSR count). The molecule has 1 atom stereocenters. The summed E-state index contributed by atoms with van der Waals surface area (Å²) in [4.78, 5) is 26.7. The average Bonchev–Trinajstić information content (AvgIpc) is 3.01. The largest absolute Gasteiger partial charge is 0.468 e. The van der Waals surface area contributed by atoms with Gasteiger partial charge in [-0.2, -0.15) is 0 Å². The number of fused-ring (bicyclic) bond motifs is 1. The zero-order chi connectivity index (χ0) is 18.7. The number of methoxy groups -OCH3 is 1. The molecule has 0 aliphatic carbocycles. The lowest BCUT2D eigenvalue weighted by Crippen LogP contribution is -2.41. The number of hydrogen-bond acceptors (Lipinski definition) is 7. The molecule has 1 saturated heterocycles. The number of halogens is 1. The summed E-state index contributed by atoms with van der Waals surface area (Å²) in [6.07, 6.45) is 0. The summed E-state index contributed by atoms with van der Waals surface area (Å²) in [6, 6.07) is 4.84. The number of benzene rings is 1. The Balaban J connectivity index is 1.94. The average molecular weight is 397 g/mol. The van der Waals surface area contributed by atoms with E-state index >= 15 is 0 Å². The molecule has 0 amide bonds. The van der Waals surface area contributed by atoms with Crippen LogP contribution in [-0.2, 0) is 20.8 Å². The Kier molecular flexibility index (Phi) is 6.16. The molecule has 140 valence electrons. The number of nitrogens with zero attached hydrogens (tertiary/aromatic N) is 1. The maximum atomic E-state index is 14.5. The lowest BCUT2D eigenvalue weighted by atomic mass is 10.1. The molecule has 1 aliphatic rings. The minimum absolute atomic E-state index is 0.258. The number of thioether (sulfide) groups is 1. The summed E-state index contributed by atoms with van der Waals surface area (Å²) in [7, 11) is 1.38. The number of carbonyl (C=O) groups is 2. The molecule has 1 aromatic carbocycles. The van der Waals surface area contributed by atoms with Crippen LogP contribution in [0.5, 0.6) is 0 Å². The highest BCUT2D eigenvalue weighted by atomic mass is 32.2. The standard InChI is InChI=1S/C18H20FNO4S2/c1-3-24-18(22)16-11(15-12(19)5-4-6-13(15)26-16)9-20-7-8-25-14(10-20)17(21)23-2/h4-6,14H,3,7-10H2,1-2H3/t14-/m1/s1. The SMILES string of the molecule is CCOC(=O)c1sc2cccc(F)c2c1CN1CCS[C@@H](C(=O)OC)C1. The molecule has 0 spiro atoms. The highest BCUT2D eigenvalue weighted by Gasteiger charge is 2.29. The molecule has 2 aromatic rings. The zero-order valence-corrected chi connectivity index (χ0v) is 16.3. The van der Waals surface area contributed by atoms with Crippen LogP contribution >= 0.6 is 23.1 Å². The van der Waals surface area contributed by atoms with E-state index in [-0.39, 0.29) is 23.6 Å². The number of carbonyl (C=O) groups excluding carboxylic acids is 2. The molecule has 5 nitrogen and oxygen atoms in total. The second-order valence-electron chi connectivity index (χ2n) is 5.86. The third-order valence-electron chi connectivity index (χ3n) is 4.22. The quantitative estimate of drug-likeness (QED) is 0.722. The minimum Gasteiger partial charge on any atom is -0.468 e. The fourth-order valence-electron chi connectivity index (χ4n) is 3.02. The van der Waals surface area contributed by atoms with Crippen LogP contribution in [0.3, 0.4) is 0 Å². The predicted molar refractivity (Wildman–Crippen MR) is 101 cm³/mol. The molecule has 1 aliphatic heterocycles.